The summed E-state index contributed by atoms with van der Waals surface area (Å²) >= 11 is 5.82. The van der Waals surface area contributed by atoms with Crippen molar-refractivity contribution in [2.24, 2.45) is 0 Å². The van der Waals surface area contributed by atoms with Gasteiger partial charge in [0.05, 0.1) is 4.92 Å². The smallest absolute Gasteiger partial charge is 0.329 e. The first kappa shape index (κ1) is 14.1. The van der Waals surface area contributed by atoms with Gasteiger partial charge in [0.1, 0.15) is 11.6 Å². The van der Waals surface area contributed by atoms with Crippen LogP contribution in [0.15, 0.2) is 18.2 Å². The molecular weight excluding hydrogens is 268 g/mol. The van der Waals surface area contributed by atoms with Crippen LogP contribution in [-0.4, -0.2) is 36.1 Å². The van der Waals surface area contributed by atoms with Gasteiger partial charge in [0, 0.05) is 6.54 Å². The van der Waals surface area contributed by atoms with E-state index in [0.29, 0.717) is 6.61 Å². The van der Waals surface area contributed by atoms with E-state index in [0.717, 1.165) is 19.6 Å². The molecule has 0 aliphatic carbocycles. The number of nitro groups is 1. The first-order valence-corrected chi connectivity index (χ1v) is 6.84. The minimum Gasteiger partial charge on any atom is -0.485 e. The third-order valence-electron chi connectivity index (χ3n) is 3.25. The molecule has 1 aromatic carbocycles. The number of nitrogens with zero attached hydrogens (tertiary/aromatic N) is 2. The first-order chi connectivity index (χ1) is 9.18. The lowest BCUT2D eigenvalue weighted by atomic mass is 10.1. The average molecular weight is 285 g/mol. The summed E-state index contributed by atoms with van der Waals surface area (Å²) in [6.07, 6.45) is 3.73. The van der Waals surface area contributed by atoms with Gasteiger partial charge in [-0.1, -0.05) is 24.1 Å². The highest BCUT2D eigenvalue weighted by Gasteiger charge is 2.20. The molecule has 0 saturated carbocycles. The van der Waals surface area contributed by atoms with Crippen molar-refractivity contribution >= 4 is 17.3 Å². The maximum atomic E-state index is 10.9. The normalized spacial score (nSPS) is 16.3. The summed E-state index contributed by atoms with van der Waals surface area (Å²) in [4.78, 5) is 12.8. The largest absolute Gasteiger partial charge is 0.485 e. The molecule has 0 aromatic heterocycles. The van der Waals surface area contributed by atoms with Crippen LogP contribution in [0.2, 0.25) is 5.02 Å². The van der Waals surface area contributed by atoms with Crippen LogP contribution in [0.5, 0.6) is 5.75 Å². The zero-order chi connectivity index (χ0) is 13.7. The Morgan fingerprint density at radius 1 is 1.32 bits per heavy atom. The Balaban J connectivity index is 1.92. The molecule has 104 valence electrons. The van der Waals surface area contributed by atoms with Crippen LogP contribution in [0.3, 0.4) is 0 Å². The molecule has 1 saturated heterocycles. The number of ether oxygens (including phenoxy) is 1. The van der Waals surface area contributed by atoms with Crippen molar-refractivity contribution in [1.82, 2.24) is 4.90 Å². The molecule has 1 heterocycles. The number of hydrogen-bond donors (Lipinski definition) is 0. The van der Waals surface area contributed by atoms with Crippen molar-refractivity contribution < 1.29 is 9.66 Å². The quantitative estimate of drug-likeness (QED) is 0.616. The van der Waals surface area contributed by atoms with E-state index in [1.54, 1.807) is 12.1 Å². The lowest BCUT2D eigenvalue weighted by Crippen LogP contribution is -2.33. The molecule has 19 heavy (non-hydrogen) atoms. The van der Waals surface area contributed by atoms with Crippen molar-refractivity contribution in [3.05, 3.63) is 33.3 Å². The highest BCUT2D eigenvalue weighted by Crippen LogP contribution is 2.34. The molecule has 1 fully saturated rings. The standard InChI is InChI=1S/C13H17ClN2O3/c14-11-5-4-6-12(13(11)16(17)18)19-10-9-15-7-2-1-3-8-15/h4-6H,1-3,7-10H2. The maximum absolute atomic E-state index is 10.9. The van der Waals surface area contributed by atoms with E-state index in [2.05, 4.69) is 4.90 Å². The summed E-state index contributed by atoms with van der Waals surface area (Å²) in [6, 6.07) is 4.74. The molecule has 5 nitrogen and oxygen atoms in total. The molecule has 0 N–H and O–H groups in total. The van der Waals surface area contributed by atoms with Crippen molar-refractivity contribution in [2.75, 3.05) is 26.2 Å². The van der Waals surface area contributed by atoms with Gasteiger partial charge in [0.25, 0.3) is 0 Å². The third kappa shape index (κ3) is 3.81. The van der Waals surface area contributed by atoms with Crippen LogP contribution in [0.25, 0.3) is 0 Å². The molecule has 0 spiro atoms. The van der Waals surface area contributed by atoms with Crippen LogP contribution < -0.4 is 4.74 Å². The molecule has 2 rings (SSSR count). The average Bonchev–Trinajstić information content (AvgIpc) is 2.39. The second-order valence-corrected chi connectivity index (χ2v) is 5.00. The van der Waals surface area contributed by atoms with E-state index in [1.807, 2.05) is 0 Å². The number of hydrogen-bond acceptors (Lipinski definition) is 4. The van der Waals surface area contributed by atoms with Crippen molar-refractivity contribution in [3.8, 4) is 5.75 Å². The second-order valence-electron chi connectivity index (χ2n) is 4.59. The lowest BCUT2D eigenvalue weighted by Gasteiger charge is -2.26. The molecule has 1 aliphatic rings. The number of rotatable bonds is 5. The molecule has 0 amide bonds. The van der Waals surface area contributed by atoms with E-state index < -0.39 is 4.92 Å². The fraction of sp³-hybridized carbons (Fsp3) is 0.538. The Kier molecular flexibility index (Phi) is 4.99. The van der Waals surface area contributed by atoms with Crippen molar-refractivity contribution in [1.29, 1.82) is 0 Å². The van der Waals surface area contributed by atoms with Gasteiger partial charge >= 0.3 is 5.69 Å². The molecule has 0 unspecified atom stereocenters. The van der Waals surface area contributed by atoms with E-state index in [-0.39, 0.29) is 16.5 Å². The van der Waals surface area contributed by atoms with Crippen molar-refractivity contribution in [3.63, 3.8) is 0 Å². The Bertz CT molecular complexity index is 448. The number of halogens is 1. The Morgan fingerprint density at radius 2 is 2.05 bits per heavy atom. The summed E-state index contributed by atoms with van der Waals surface area (Å²) in [5.74, 6) is 0.245. The first-order valence-electron chi connectivity index (χ1n) is 6.46. The molecule has 6 heteroatoms. The zero-order valence-electron chi connectivity index (χ0n) is 10.7. The van der Waals surface area contributed by atoms with Crippen LogP contribution in [0.4, 0.5) is 5.69 Å². The van der Waals surface area contributed by atoms with E-state index in [1.165, 1.54) is 25.3 Å². The monoisotopic (exact) mass is 284 g/mol. The number of nitro benzene ring substituents is 1. The third-order valence-corrected chi connectivity index (χ3v) is 3.55. The van der Waals surface area contributed by atoms with Gasteiger partial charge in [-0.05, 0) is 38.1 Å². The van der Waals surface area contributed by atoms with Crippen LogP contribution >= 0.6 is 11.6 Å². The fourth-order valence-corrected chi connectivity index (χ4v) is 2.49. The molecule has 0 bridgehead atoms. The minimum absolute atomic E-state index is 0.112. The minimum atomic E-state index is -0.501. The number of benzene rings is 1. The van der Waals surface area contributed by atoms with Gasteiger partial charge in [-0.15, -0.1) is 0 Å². The maximum Gasteiger partial charge on any atom is 0.329 e. The van der Waals surface area contributed by atoms with E-state index in [4.69, 9.17) is 16.3 Å². The Morgan fingerprint density at radius 3 is 2.74 bits per heavy atom. The molecular formula is C13H17ClN2O3. The Hall–Kier alpha value is -1.33. The van der Waals surface area contributed by atoms with Gasteiger partial charge in [0.15, 0.2) is 5.75 Å². The van der Waals surface area contributed by atoms with E-state index >= 15 is 0 Å². The zero-order valence-corrected chi connectivity index (χ0v) is 11.4. The fourth-order valence-electron chi connectivity index (χ4n) is 2.26. The summed E-state index contributed by atoms with van der Waals surface area (Å²) in [5.41, 5.74) is -0.150. The van der Waals surface area contributed by atoms with Gasteiger partial charge in [-0.3, -0.25) is 15.0 Å². The summed E-state index contributed by atoms with van der Waals surface area (Å²) < 4.78 is 5.51. The van der Waals surface area contributed by atoms with Crippen LogP contribution in [-0.2, 0) is 0 Å². The second kappa shape index (κ2) is 6.73. The van der Waals surface area contributed by atoms with E-state index in [9.17, 15) is 10.1 Å². The molecule has 1 aliphatic heterocycles. The number of piperidine rings is 1. The van der Waals surface area contributed by atoms with Gasteiger partial charge < -0.3 is 4.74 Å². The molecule has 0 radical (unpaired) electrons. The predicted octanol–water partition coefficient (Wildman–Crippen LogP) is 3.11. The summed E-state index contributed by atoms with van der Waals surface area (Å²) in [7, 11) is 0. The van der Waals surface area contributed by atoms with Gasteiger partial charge in [-0.25, -0.2) is 0 Å². The Labute approximate surface area is 117 Å². The number of likely N-dealkylation sites (tertiary alicyclic amines) is 1. The molecule has 1 aromatic rings. The SMILES string of the molecule is O=[N+]([O-])c1c(Cl)cccc1OCCN1CCCCC1. The summed E-state index contributed by atoms with van der Waals surface area (Å²) in [5, 5.41) is 11.0. The van der Waals surface area contributed by atoms with Crippen LogP contribution in [0.1, 0.15) is 19.3 Å². The van der Waals surface area contributed by atoms with Crippen LogP contribution in [0, 0.1) is 10.1 Å². The summed E-state index contributed by atoms with van der Waals surface area (Å²) in [6.45, 7) is 3.41. The van der Waals surface area contributed by atoms with Gasteiger partial charge in [0.2, 0.25) is 0 Å². The van der Waals surface area contributed by atoms with Crippen molar-refractivity contribution in [2.45, 2.75) is 19.3 Å². The van der Waals surface area contributed by atoms with Gasteiger partial charge in [-0.2, -0.15) is 0 Å². The highest BCUT2D eigenvalue weighted by atomic mass is 35.5. The lowest BCUT2D eigenvalue weighted by molar-refractivity contribution is -0.385. The predicted molar refractivity (Wildman–Crippen MR) is 73.9 cm³/mol. The molecule has 0 atom stereocenters. The topological polar surface area (TPSA) is 55.6 Å². The highest BCUT2D eigenvalue weighted by molar-refractivity contribution is 6.32. The number of para-hydroxylation sites is 1.